The van der Waals surface area contributed by atoms with Crippen LogP contribution in [0, 0.1) is 6.92 Å². The first-order valence-corrected chi connectivity index (χ1v) is 6.96. The molecular formula is C16H17ClN2. The van der Waals surface area contributed by atoms with Gasteiger partial charge in [-0.05, 0) is 42.2 Å². The Bertz CT molecular complexity index is 608. The Hall–Kier alpha value is -1.67. The summed E-state index contributed by atoms with van der Waals surface area (Å²) in [5.74, 6) is 0. The Morgan fingerprint density at radius 2 is 2.16 bits per heavy atom. The predicted octanol–water partition coefficient (Wildman–Crippen LogP) is 4.23. The molecule has 0 amide bonds. The molecular weight excluding hydrogens is 256 g/mol. The molecule has 98 valence electrons. The quantitative estimate of drug-likeness (QED) is 0.874. The van der Waals surface area contributed by atoms with Gasteiger partial charge in [-0.15, -0.1) is 0 Å². The van der Waals surface area contributed by atoms with E-state index in [1.165, 1.54) is 22.4 Å². The van der Waals surface area contributed by atoms with Crippen LogP contribution in [0.25, 0.3) is 0 Å². The minimum atomic E-state index is 0.778. The molecule has 0 saturated heterocycles. The number of nitrogens with one attached hydrogen (secondary N) is 2. The summed E-state index contributed by atoms with van der Waals surface area (Å²) in [4.78, 5) is 0. The molecule has 0 spiro atoms. The van der Waals surface area contributed by atoms with Crippen LogP contribution in [0.5, 0.6) is 0 Å². The van der Waals surface area contributed by atoms with Crippen LogP contribution in [0.4, 0.5) is 11.4 Å². The molecule has 0 aromatic heterocycles. The molecule has 0 saturated carbocycles. The van der Waals surface area contributed by atoms with E-state index in [-0.39, 0.29) is 0 Å². The van der Waals surface area contributed by atoms with Gasteiger partial charge in [0, 0.05) is 18.8 Å². The van der Waals surface area contributed by atoms with E-state index < -0.39 is 0 Å². The third kappa shape index (κ3) is 2.54. The Morgan fingerprint density at radius 3 is 3.00 bits per heavy atom. The molecule has 0 unspecified atom stereocenters. The number of para-hydroxylation sites is 1. The summed E-state index contributed by atoms with van der Waals surface area (Å²) in [7, 11) is 0. The molecule has 2 nitrogen and oxygen atoms in total. The number of anilines is 2. The second-order valence-corrected chi connectivity index (χ2v) is 5.37. The molecule has 0 aliphatic carbocycles. The van der Waals surface area contributed by atoms with Crippen LogP contribution in [0.2, 0.25) is 5.02 Å². The molecule has 0 bridgehead atoms. The highest BCUT2D eigenvalue weighted by atomic mass is 35.5. The normalized spacial score (nSPS) is 12.9. The highest BCUT2D eigenvalue weighted by Gasteiger charge is 2.13. The lowest BCUT2D eigenvalue weighted by molar-refractivity contribution is 1.11. The third-order valence-corrected chi connectivity index (χ3v) is 3.84. The van der Waals surface area contributed by atoms with Gasteiger partial charge in [-0.2, -0.15) is 0 Å². The zero-order chi connectivity index (χ0) is 13.2. The van der Waals surface area contributed by atoms with Gasteiger partial charge in [0.25, 0.3) is 0 Å². The lowest BCUT2D eigenvalue weighted by atomic mass is 10.1. The Labute approximate surface area is 118 Å². The van der Waals surface area contributed by atoms with E-state index in [2.05, 4.69) is 34.9 Å². The van der Waals surface area contributed by atoms with Gasteiger partial charge in [0.1, 0.15) is 0 Å². The predicted molar refractivity (Wildman–Crippen MR) is 82.2 cm³/mol. The van der Waals surface area contributed by atoms with Crippen molar-refractivity contribution in [3.8, 4) is 0 Å². The largest absolute Gasteiger partial charge is 0.384 e. The molecule has 2 aromatic rings. The number of hydrogen-bond donors (Lipinski definition) is 2. The molecule has 3 rings (SSSR count). The lowest BCUT2D eigenvalue weighted by Gasteiger charge is -2.12. The standard InChI is InChI=1S/C16H17ClN2/c1-11-5-6-15(14(17)9-11)19-10-13-4-2-3-12-7-8-18-16(12)13/h2-6,9,18-19H,7-8,10H2,1H3. The molecule has 2 aromatic carbocycles. The van der Waals surface area contributed by atoms with E-state index >= 15 is 0 Å². The highest BCUT2D eigenvalue weighted by molar-refractivity contribution is 6.33. The minimum absolute atomic E-state index is 0.778. The maximum Gasteiger partial charge on any atom is 0.0640 e. The fourth-order valence-corrected chi connectivity index (χ4v) is 2.81. The second kappa shape index (κ2) is 5.14. The molecule has 1 aliphatic rings. The number of halogens is 1. The van der Waals surface area contributed by atoms with Crippen LogP contribution in [0.1, 0.15) is 16.7 Å². The van der Waals surface area contributed by atoms with Gasteiger partial charge in [0.05, 0.1) is 10.7 Å². The van der Waals surface area contributed by atoms with Gasteiger partial charge in [0.15, 0.2) is 0 Å². The fourth-order valence-electron chi connectivity index (χ4n) is 2.51. The summed E-state index contributed by atoms with van der Waals surface area (Å²) < 4.78 is 0. The van der Waals surface area contributed by atoms with Crippen LogP contribution < -0.4 is 10.6 Å². The van der Waals surface area contributed by atoms with Crippen molar-refractivity contribution >= 4 is 23.0 Å². The maximum absolute atomic E-state index is 6.23. The van der Waals surface area contributed by atoms with Gasteiger partial charge in [0.2, 0.25) is 0 Å². The third-order valence-electron chi connectivity index (χ3n) is 3.53. The van der Waals surface area contributed by atoms with Crippen molar-refractivity contribution in [1.82, 2.24) is 0 Å². The molecule has 2 N–H and O–H groups in total. The summed E-state index contributed by atoms with van der Waals surface area (Å²) in [6.07, 6.45) is 1.12. The smallest absolute Gasteiger partial charge is 0.0640 e. The number of aryl methyl sites for hydroxylation is 1. The first kappa shape index (κ1) is 12.4. The molecule has 0 atom stereocenters. The van der Waals surface area contributed by atoms with Gasteiger partial charge < -0.3 is 10.6 Å². The Morgan fingerprint density at radius 1 is 1.26 bits per heavy atom. The van der Waals surface area contributed by atoms with Crippen molar-refractivity contribution in [2.75, 3.05) is 17.2 Å². The monoisotopic (exact) mass is 272 g/mol. The summed E-state index contributed by atoms with van der Waals surface area (Å²) in [5, 5.41) is 7.65. The first-order valence-electron chi connectivity index (χ1n) is 6.59. The van der Waals surface area contributed by atoms with E-state index in [4.69, 9.17) is 11.6 Å². The van der Waals surface area contributed by atoms with Crippen LogP contribution in [0.15, 0.2) is 36.4 Å². The summed E-state index contributed by atoms with van der Waals surface area (Å²) in [6.45, 7) is 3.88. The zero-order valence-corrected chi connectivity index (χ0v) is 11.7. The van der Waals surface area contributed by atoms with Gasteiger partial charge in [-0.25, -0.2) is 0 Å². The minimum Gasteiger partial charge on any atom is -0.384 e. The number of rotatable bonds is 3. The average molecular weight is 273 g/mol. The van der Waals surface area contributed by atoms with Crippen molar-refractivity contribution in [1.29, 1.82) is 0 Å². The number of hydrogen-bond acceptors (Lipinski definition) is 2. The van der Waals surface area contributed by atoms with Crippen LogP contribution in [0.3, 0.4) is 0 Å². The van der Waals surface area contributed by atoms with Crippen molar-refractivity contribution in [2.24, 2.45) is 0 Å². The molecule has 0 radical (unpaired) electrons. The Balaban J connectivity index is 1.78. The SMILES string of the molecule is Cc1ccc(NCc2cccc3c2NCC3)c(Cl)c1. The number of fused-ring (bicyclic) bond motifs is 1. The molecule has 1 aliphatic heterocycles. The fraction of sp³-hybridized carbons (Fsp3) is 0.250. The second-order valence-electron chi connectivity index (χ2n) is 4.96. The Kier molecular flexibility index (Phi) is 3.34. The van der Waals surface area contributed by atoms with Crippen molar-refractivity contribution in [3.05, 3.63) is 58.1 Å². The first-order chi connectivity index (χ1) is 9.24. The van der Waals surface area contributed by atoms with Crippen molar-refractivity contribution in [2.45, 2.75) is 19.9 Å². The molecule has 19 heavy (non-hydrogen) atoms. The van der Waals surface area contributed by atoms with Crippen LogP contribution >= 0.6 is 11.6 Å². The summed E-state index contributed by atoms with van der Waals surface area (Å²) in [5.41, 5.74) is 6.17. The highest BCUT2D eigenvalue weighted by Crippen LogP contribution is 2.28. The van der Waals surface area contributed by atoms with E-state index in [0.29, 0.717) is 0 Å². The van der Waals surface area contributed by atoms with Gasteiger partial charge in [-0.1, -0.05) is 35.9 Å². The van der Waals surface area contributed by atoms with Crippen molar-refractivity contribution in [3.63, 3.8) is 0 Å². The maximum atomic E-state index is 6.23. The van der Waals surface area contributed by atoms with E-state index in [0.717, 1.165) is 30.2 Å². The summed E-state index contributed by atoms with van der Waals surface area (Å²) in [6, 6.07) is 12.6. The summed E-state index contributed by atoms with van der Waals surface area (Å²) >= 11 is 6.23. The zero-order valence-electron chi connectivity index (χ0n) is 11.0. The van der Waals surface area contributed by atoms with E-state index in [1.54, 1.807) is 0 Å². The van der Waals surface area contributed by atoms with Crippen molar-refractivity contribution < 1.29 is 0 Å². The van der Waals surface area contributed by atoms with Gasteiger partial charge >= 0.3 is 0 Å². The van der Waals surface area contributed by atoms with Crippen LogP contribution in [-0.4, -0.2) is 6.54 Å². The lowest BCUT2D eigenvalue weighted by Crippen LogP contribution is -2.03. The number of benzene rings is 2. The van der Waals surface area contributed by atoms with E-state index in [9.17, 15) is 0 Å². The topological polar surface area (TPSA) is 24.1 Å². The van der Waals surface area contributed by atoms with Gasteiger partial charge in [-0.3, -0.25) is 0 Å². The van der Waals surface area contributed by atoms with Crippen LogP contribution in [-0.2, 0) is 13.0 Å². The van der Waals surface area contributed by atoms with E-state index in [1.807, 2.05) is 19.1 Å². The molecule has 1 heterocycles. The average Bonchev–Trinajstić information content (AvgIpc) is 2.86. The molecule has 0 fully saturated rings. The molecule has 3 heteroatoms.